The number of benzene rings is 1. The van der Waals surface area contributed by atoms with Crippen LogP contribution in [0.2, 0.25) is 0 Å². The molecule has 0 aliphatic heterocycles. The van der Waals surface area contributed by atoms with Crippen molar-refractivity contribution in [1.29, 1.82) is 0 Å². The Hall–Kier alpha value is -0.0300. The summed E-state index contributed by atoms with van der Waals surface area (Å²) in [6.07, 6.45) is 0. The fraction of sp³-hybridized carbons (Fsp3) is 0. The van der Waals surface area contributed by atoms with Crippen molar-refractivity contribution in [3.8, 4) is 0 Å². The molecular weight excluding hydrogens is 173 g/mol. The minimum absolute atomic E-state index is 0. The molecule has 0 saturated carbocycles. The summed E-state index contributed by atoms with van der Waals surface area (Å²) >= 11 is 4.00. The van der Waals surface area contributed by atoms with Crippen LogP contribution in [0, 0.1) is 4.91 Å². The Bertz CT molecular complexity index is 249. The van der Waals surface area contributed by atoms with Gasteiger partial charge >= 0.3 is 35.2 Å². The molecule has 54 valence electrons. The summed E-state index contributed by atoms with van der Waals surface area (Å²) in [5, 5.41) is 8.37. The second-order valence-corrected chi connectivity index (χ2v) is 2.31. The normalized spacial score (nSPS) is 8.45. The second kappa shape index (κ2) is 4.77. The fourth-order valence-electron chi connectivity index (χ4n) is 0.580. The molecule has 0 bridgehead atoms. The summed E-state index contributed by atoms with van der Waals surface area (Å²) in [6.45, 7) is 0. The van der Waals surface area contributed by atoms with Crippen molar-refractivity contribution in [2.75, 3.05) is 0 Å². The van der Waals surface area contributed by atoms with Gasteiger partial charge in [0, 0.05) is 17.0 Å². The molecule has 1 rings (SSSR count). The Labute approximate surface area is 91.7 Å². The first kappa shape index (κ1) is 11.0. The van der Waals surface area contributed by atoms with Gasteiger partial charge < -0.3 is 0 Å². The van der Waals surface area contributed by atoms with Gasteiger partial charge in [-0.15, -0.1) is 12.6 Å². The van der Waals surface area contributed by atoms with Gasteiger partial charge in [0.1, 0.15) is 0 Å². The average molecular weight is 180 g/mol. The summed E-state index contributed by atoms with van der Waals surface area (Å²) < 4.78 is 0. The van der Waals surface area contributed by atoms with E-state index < -0.39 is 0 Å². The molecule has 0 fully saturated rings. The first-order valence-electron chi connectivity index (χ1n) is 2.65. The molecule has 1 N–H and O–H groups in total. The van der Waals surface area contributed by atoms with Crippen molar-refractivity contribution >= 4 is 47.9 Å². The van der Waals surface area contributed by atoms with Crippen LogP contribution in [0.1, 0.15) is 0 Å². The molecule has 11 heavy (non-hydrogen) atoms. The van der Waals surface area contributed by atoms with Crippen LogP contribution >= 0.6 is 12.6 Å². The Morgan fingerprint density at radius 3 is 2.09 bits per heavy atom. The molecule has 0 spiro atoms. The summed E-state index contributed by atoms with van der Waals surface area (Å²) in [6, 6.07) is 6.21. The van der Waals surface area contributed by atoms with Crippen molar-refractivity contribution in [1.82, 2.24) is 0 Å². The van der Waals surface area contributed by atoms with Crippen molar-refractivity contribution in [2.24, 2.45) is 0 Å². The van der Waals surface area contributed by atoms with E-state index in [9.17, 15) is 4.91 Å². The summed E-state index contributed by atoms with van der Waals surface area (Å²) in [5.41, 5.74) is 0.206. The maximum atomic E-state index is 10.2. The molecule has 0 radical (unpaired) electrons. The van der Waals surface area contributed by atoms with Gasteiger partial charge in [0.2, 0.25) is 0 Å². The molecule has 0 saturated heterocycles. The predicted molar refractivity (Wildman–Crippen MR) is 45.9 cm³/mol. The van der Waals surface area contributed by atoms with E-state index in [1.54, 1.807) is 12.1 Å². The third kappa shape index (κ3) is 3.25. The van der Waals surface area contributed by atoms with E-state index in [1.165, 1.54) is 12.1 Å². The molecule has 3 nitrogen and oxygen atoms in total. The van der Waals surface area contributed by atoms with Gasteiger partial charge in [0.05, 0.1) is 4.91 Å². The van der Waals surface area contributed by atoms with E-state index in [2.05, 4.69) is 12.6 Å². The van der Waals surface area contributed by atoms with Crippen molar-refractivity contribution < 1.29 is 10.1 Å². The van der Waals surface area contributed by atoms with Gasteiger partial charge in [-0.3, -0.25) is 0 Å². The van der Waals surface area contributed by atoms with E-state index >= 15 is 0 Å². The molecule has 1 aromatic rings. The number of thiol groups is 1. The van der Waals surface area contributed by atoms with Gasteiger partial charge in [-0.05, 0) is 12.1 Å². The minimum atomic E-state index is -0.187. The Morgan fingerprint density at radius 1 is 1.27 bits per heavy atom. The van der Waals surface area contributed by atoms with Crippen molar-refractivity contribution in [2.45, 2.75) is 4.90 Å². The molecule has 1 aromatic carbocycles. The zero-order chi connectivity index (χ0) is 7.56. The topological polar surface area (TPSA) is 40.3 Å². The van der Waals surface area contributed by atoms with Gasteiger partial charge in [0.25, 0.3) is 4.92 Å². The van der Waals surface area contributed by atoms with E-state index in [0.29, 0.717) is 0 Å². The van der Waals surface area contributed by atoms with Crippen LogP contribution in [0.5, 0.6) is 0 Å². The molecule has 5 heteroatoms. The summed E-state index contributed by atoms with van der Waals surface area (Å²) in [7, 11) is 0. The Balaban J connectivity index is 0.000001000. The van der Waals surface area contributed by atoms with Crippen LogP contribution in [0.15, 0.2) is 29.2 Å². The Morgan fingerprint density at radius 2 is 1.73 bits per heavy atom. The van der Waals surface area contributed by atoms with Gasteiger partial charge in [-0.2, -0.15) is 0 Å². The molecule has 0 atom stereocenters. The number of rotatable bonds is 1. The molecule has 0 aliphatic rings. The maximum absolute atomic E-state index is 10.2. The van der Waals surface area contributed by atoms with Gasteiger partial charge in [-0.25, -0.2) is 5.21 Å². The van der Waals surface area contributed by atoms with Crippen LogP contribution < -0.4 is 0 Å². The molecule has 0 unspecified atom stereocenters. The fourth-order valence-corrected chi connectivity index (χ4v) is 0.729. The summed E-state index contributed by atoms with van der Waals surface area (Å²) in [5.74, 6) is 0. The summed E-state index contributed by atoms with van der Waals surface area (Å²) in [4.78, 5) is 10.8. The van der Waals surface area contributed by atoms with Crippen LogP contribution in [0.3, 0.4) is 0 Å². The standard InChI is InChI=1S/C6H5NO2S.Na.H/c8-7(9)5-1-3-6(10)4-2-5;;/h1-4H,(H-,8,9,10);;/p+1. The van der Waals surface area contributed by atoms with E-state index in [4.69, 9.17) is 5.21 Å². The first-order valence-corrected chi connectivity index (χ1v) is 3.10. The van der Waals surface area contributed by atoms with E-state index in [0.717, 1.165) is 4.90 Å². The molecule has 0 aliphatic carbocycles. The van der Waals surface area contributed by atoms with E-state index in [1.807, 2.05) is 0 Å². The third-order valence-corrected chi connectivity index (χ3v) is 1.37. The van der Waals surface area contributed by atoms with Crippen LogP contribution in [0.4, 0.5) is 5.69 Å². The second-order valence-electron chi connectivity index (χ2n) is 1.79. The number of hydrogen-bond acceptors (Lipinski definition) is 2. The van der Waals surface area contributed by atoms with Crippen molar-refractivity contribution in [3.05, 3.63) is 29.2 Å². The average Bonchev–Trinajstić information content (AvgIpc) is 1.88. The van der Waals surface area contributed by atoms with E-state index in [-0.39, 0.29) is 40.2 Å². The zero-order valence-corrected chi connectivity index (χ0v) is 5.95. The zero-order valence-electron chi connectivity index (χ0n) is 5.06. The third-order valence-electron chi connectivity index (χ3n) is 1.07. The molecule has 0 aromatic heterocycles. The SMILES string of the molecule is O=[N+](O)c1ccc(S)cc1.[NaH]. The van der Waals surface area contributed by atoms with Crippen LogP contribution in [-0.4, -0.2) is 39.7 Å². The molecular formula is C6H7NNaO2S+. The van der Waals surface area contributed by atoms with Gasteiger partial charge in [0.15, 0.2) is 0 Å². The molecule has 0 heterocycles. The van der Waals surface area contributed by atoms with Crippen LogP contribution in [0.25, 0.3) is 0 Å². The monoisotopic (exact) mass is 180 g/mol. The molecule has 0 amide bonds. The van der Waals surface area contributed by atoms with Gasteiger partial charge in [-0.1, -0.05) is 0 Å². The quantitative estimate of drug-likeness (QED) is 0.386. The van der Waals surface area contributed by atoms with Crippen LogP contribution in [-0.2, 0) is 0 Å². The number of nitrogens with zero attached hydrogens (tertiary/aromatic N) is 1. The Kier molecular flexibility index (Phi) is 4.76. The predicted octanol–water partition coefficient (Wildman–Crippen LogP) is 1.13. The number of hydrogen-bond donors (Lipinski definition) is 2. The van der Waals surface area contributed by atoms with Crippen molar-refractivity contribution in [3.63, 3.8) is 0 Å². The first-order chi connectivity index (χ1) is 4.70.